The summed E-state index contributed by atoms with van der Waals surface area (Å²) in [4.78, 5) is 14.5. The van der Waals surface area contributed by atoms with Gasteiger partial charge in [-0.15, -0.1) is 0 Å². The van der Waals surface area contributed by atoms with Crippen molar-refractivity contribution in [3.8, 4) is 0 Å². The van der Waals surface area contributed by atoms with Crippen LogP contribution >= 0.6 is 0 Å². The fourth-order valence-corrected chi connectivity index (χ4v) is 3.65. The minimum Gasteiger partial charge on any atom is -0.339 e. The zero-order chi connectivity index (χ0) is 13.0. The maximum Gasteiger partial charge on any atom is 0.222 e. The maximum absolute atomic E-state index is 12.3. The Morgan fingerprint density at radius 2 is 2.00 bits per heavy atom. The molecule has 18 heavy (non-hydrogen) atoms. The first-order valence-corrected chi connectivity index (χ1v) is 7.73. The summed E-state index contributed by atoms with van der Waals surface area (Å²) in [6.45, 7) is 3.01. The van der Waals surface area contributed by atoms with E-state index in [4.69, 9.17) is 5.73 Å². The molecule has 3 nitrogen and oxygen atoms in total. The summed E-state index contributed by atoms with van der Waals surface area (Å²) in [5, 5.41) is 0. The molecule has 2 N–H and O–H groups in total. The van der Waals surface area contributed by atoms with Gasteiger partial charge in [-0.3, -0.25) is 4.79 Å². The molecule has 1 heterocycles. The van der Waals surface area contributed by atoms with Crippen molar-refractivity contribution in [3.63, 3.8) is 0 Å². The van der Waals surface area contributed by atoms with E-state index >= 15 is 0 Å². The summed E-state index contributed by atoms with van der Waals surface area (Å²) in [5.74, 6) is 1.18. The molecule has 0 spiro atoms. The van der Waals surface area contributed by atoms with Crippen LogP contribution in [0.5, 0.6) is 0 Å². The van der Waals surface area contributed by atoms with Crippen LogP contribution in [0.3, 0.4) is 0 Å². The van der Waals surface area contributed by atoms with Crippen LogP contribution in [0.4, 0.5) is 0 Å². The van der Waals surface area contributed by atoms with Crippen LogP contribution in [0.2, 0.25) is 0 Å². The molecule has 0 radical (unpaired) electrons. The molecule has 0 aromatic heterocycles. The summed E-state index contributed by atoms with van der Waals surface area (Å²) in [6, 6.07) is 0.789. The van der Waals surface area contributed by atoms with Crippen LogP contribution < -0.4 is 5.73 Å². The highest BCUT2D eigenvalue weighted by atomic mass is 16.2. The van der Waals surface area contributed by atoms with Crippen LogP contribution in [0.25, 0.3) is 0 Å². The Morgan fingerprint density at radius 1 is 1.28 bits per heavy atom. The molecule has 3 heteroatoms. The van der Waals surface area contributed by atoms with Crippen molar-refractivity contribution < 1.29 is 4.79 Å². The Balaban J connectivity index is 1.84. The molecule has 0 aromatic rings. The van der Waals surface area contributed by atoms with Gasteiger partial charge in [-0.25, -0.2) is 0 Å². The van der Waals surface area contributed by atoms with Crippen LogP contribution in [-0.4, -0.2) is 29.4 Å². The third kappa shape index (κ3) is 3.47. The first-order chi connectivity index (χ1) is 8.68. The number of fused-ring (bicyclic) bond motifs is 1. The number of piperidine rings is 1. The van der Waals surface area contributed by atoms with Crippen molar-refractivity contribution >= 4 is 5.91 Å². The summed E-state index contributed by atoms with van der Waals surface area (Å²) in [5.41, 5.74) is 5.74. The number of nitrogens with two attached hydrogens (primary N) is 1. The fraction of sp³-hybridized carbons (Fsp3) is 0.933. The molecule has 1 saturated heterocycles. The van der Waals surface area contributed by atoms with E-state index in [0.717, 1.165) is 25.3 Å². The number of likely N-dealkylation sites (tertiary alicyclic amines) is 1. The molecular weight excluding hydrogens is 224 g/mol. The lowest BCUT2D eigenvalue weighted by Gasteiger charge is -2.44. The average Bonchev–Trinajstić information content (AvgIpc) is 2.37. The highest BCUT2D eigenvalue weighted by Gasteiger charge is 2.35. The van der Waals surface area contributed by atoms with Crippen molar-refractivity contribution in [2.45, 2.75) is 76.8 Å². The van der Waals surface area contributed by atoms with E-state index < -0.39 is 0 Å². The average molecular weight is 252 g/mol. The quantitative estimate of drug-likeness (QED) is 0.836. The van der Waals surface area contributed by atoms with Crippen LogP contribution in [0.1, 0.15) is 64.7 Å². The van der Waals surface area contributed by atoms with E-state index in [1.54, 1.807) is 0 Å². The van der Waals surface area contributed by atoms with Gasteiger partial charge in [0.05, 0.1) is 0 Å². The molecule has 0 aromatic carbocycles. The summed E-state index contributed by atoms with van der Waals surface area (Å²) < 4.78 is 0. The van der Waals surface area contributed by atoms with E-state index in [9.17, 15) is 4.79 Å². The van der Waals surface area contributed by atoms with Gasteiger partial charge in [0.1, 0.15) is 0 Å². The smallest absolute Gasteiger partial charge is 0.222 e. The summed E-state index contributed by atoms with van der Waals surface area (Å²) >= 11 is 0. The lowest BCUT2D eigenvalue weighted by Crippen LogP contribution is -2.49. The van der Waals surface area contributed by atoms with E-state index in [1.807, 2.05) is 6.92 Å². The number of amides is 1. The molecule has 104 valence electrons. The minimum absolute atomic E-state index is 0.224. The van der Waals surface area contributed by atoms with Crippen LogP contribution in [0, 0.1) is 5.92 Å². The topological polar surface area (TPSA) is 46.3 Å². The van der Waals surface area contributed by atoms with Gasteiger partial charge in [-0.05, 0) is 51.4 Å². The molecular formula is C15H28N2O. The Kier molecular flexibility index (Phi) is 5.04. The second-order valence-electron chi connectivity index (χ2n) is 6.21. The third-order valence-electron chi connectivity index (χ3n) is 4.61. The molecule has 2 fully saturated rings. The van der Waals surface area contributed by atoms with Gasteiger partial charge in [0.25, 0.3) is 0 Å². The Hall–Kier alpha value is -0.570. The lowest BCUT2D eigenvalue weighted by molar-refractivity contribution is -0.137. The number of carbonyl (C=O) groups is 1. The van der Waals surface area contributed by atoms with Gasteiger partial charge in [-0.1, -0.05) is 12.8 Å². The standard InChI is InChI=1S/C15H28N2O/c1-12(16)6-4-10-15(18)17-11-5-8-13-7-2-3-9-14(13)17/h12-14H,2-11,16H2,1H3/t12?,13-,14-/m1/s1. The molecule has 2 aliphatic rings. The molecule has 0 bridgehead atoms. The number of carbonyl (C=O) groups excluding carboxylic acids is 1. The number of hydrogen-bond donors (Lipinski definition) is 1. The predicted molar refractivity (Wildman–Crippen MR) is 74.2 cm³/mol. The summed E-state index contributed by atoms with van der Waals surface area (Å²) in [7, 11) is 0. The second-order valence-corrected chi connectivity index (χ2v) is 6.21. The Morgan fingerprint density at radius 3 is 2.78 bits per heavy atom. The monoisotopic (exact) mass is 252 g/mol. The maximum atomic E-state index is 12.3. The normalized spacial score (nSPS) is 29.8. The second kappa shape index (κ2) is 6.55. The van der Waals surface area contributed by atoms with Crippen molar-refractivity contribution in [3.05, 3.63) is 0 Å². The number of nitrogens with zero attached hydrogens (tertiary/aromatic N) is 1. The van der Waals surface area contributed by atoms with E-state index in [1.165, 1.54) is 38.5 Å². The molecule has 1 saturated carbocycles. The first-order valence-electron chi connectivity index (χ1n) is 7.73. The van der Waals surface area contributed by atoms with Gasteiger partial charge in [-0.2, -0.15) is 0 Å². The molecule has 1 aliphatic heterocycles. The predicted octanol–water partition coefficient (Wildman–Crippen LogP) is 2.69. The van der Waals surface area contributed by atoms with Crippen molar-refractivity contribution in [1.29, 1.82) is 0 Å². The zero-order valence-electron chi connectivity index (χ0n) is 11.7. The minimum atomic E-state index is 0.224. The van der Waals surface area contributed by atoms with Gasteiger partial charge < -0.3 is 10.6 Å². The SMILES string of the molecule is CC(N)CCCC(=O)N1CCC[C@H]2CCCC[C@H]21. The van der Waals surface area contributed by atoms with Crippen molar-refractivity contribution in [2.75, 3.05) is 6.54 Å². The van der Waals surface area contributed by atoms with Crippen molar-refractivity contribution in [2.24, 2.45) is 11.7 Å². The zero-order valence-corrected chi connectivity index (χ0v) is 11.7. The number of hydrogen-bond acceptors (Lipinski definition) is 2. The lowest BCUT2D eigenvalue weighted by atomic mass is 9.78. The van der Waals surface area contributed by atoms with Gasteiger partial charge in [0, 0.05) is 25.0 Å². The Bertz CT molecular complexity index is 276. The molecule has 2 rings (SSSR count). The van der Waals surface area contributed by atoms with E-state index in [0.29, 0.717) is 18.4 Å². The highest BCUT2D eigenvalue weighted by molar-refractivity contribution is 5.76. The van der Waals surface area contributed by atoms with Gasteiger partial charge in [0.15, 0.2) is 0 Å². The molecule has 3 atom stereocenters. The molecule has 1 unspecified atom stereocenters. The van der Waals surface area contributed by atoms with Gasteiger partial charge in [0.2, 0.25) is 5.91 Å². The number of rotatable bonds is 4. The van der Waals surface area contributed by atoms with Crippen LogP contribution in [0.15, 0.2) is 0 Å². The van der Waals surface area contributed by atoms with E-state index in [2.05, 4.69) is 4.90 Å². The van der Waals surface area contributed by atoms with Crippen molar-refractivity contribution in [1.82, 2.24) is 4.90 Å². The largest absolute Gasteiger partial charge is 0.339 e. The fourth-order valence-electron chi connectivity index (χ4n) is 3.65. The molecule has 1 aliphatic carbocycles. The molecule has 1 amide bonds. The summed E-state index contributed by atoms with van der Waals surface area (Å²) in [6.07, 6.45) is 10.4. The third-order valence-corrected chi connectivity index (χ3v) is 4.61. The highest BCUT2D eigenvalue weighted by Crippen LogP contribution is 2.35. The van der Waals surface area contributed by atoms with E-state index in [-0.39, 0.29) is 6.04 Å². The Labute approximate surface area is 111 Å². The van der Waals surface area contributed by atoms with Gasteiger partial charge >= 0.3 is 0 Å². The van der Waals surface area contributed by atoms with Crippen LogP contribution in [-0.2, 0) is 4.79 Å². The first kappa shape index (κ1) is 13.9.